The Morgan fingerprint density at radius 2 is 1.21 bits per heavy atom. The second-order valence-corrected chi connectivity index (χ2v) is 10.1. The van der Waals surface area contributed by atoms with Gasteiger partial charge in [0, 0.05) is 28.2 Å². The molecule has 0 amide bonds. The topological polar surface area (TPSA) is 120 Å². The molecule has 1 N–H and O–H groups in total. The van der Waals surface area contributed by atoms with Crippen LogP contribution in [0.5, 0.6) is 34.5 Å². The number of methoxy groups -OCH3 is 6. The van der Waals surface area contributed by atoms with Gasteiger partial charge in [-0.15, -0.1) is 0 Å². The normalized spacial score (nSPS) is 20.9. The number of hydrogen-bond acceptors (Lipinski definition) is 11. The second-order valence-electron chi connectivity index (χ2n) is 10.1. The lowest BCUT2D eigenvalue weighted by Gasteiger charge is -2.43. The van der Waals surface area contributed by atoms with Crippen molar-refractivity contribution in [3.63, 3.8) is 0 Å². The van der Waals surface area contributed by atoms with E-state index < -0.39 is 29.7 Å². The Labute approximate surface area is 251 Å². The fourth-order valence-electron chi connectivity index (χ4n) is 5.60. The minimum Gasteiger partial charge on any atom is -0.493 e. The van der Waals surface area contributed by atoms with Gasteiger partial charge in [0.1, 0.15) is 11.7 Å². The maximum Gasteiger partial charge on any atom is 0.338 e. The van der Waals surface area contributed by atoms with Gasteiger partial charge in [-0.25, -0.2) is 14.6 Å². The summed E-state index contributed by atoms with van der Waals surface area (Å²) < 4.78 is 41.0. The van der Waals surface area contributed by atoms with E-state index in [1.54, 1.807) is 56.3 Å². The molecule has 3 aromatic rings. The number of aliphatic hydroxyl groups is 1. The van der Waals surface area contributed by atoms with Crippen molar-refractivity contribution in [3.8, 4) is 45.6 Å². The molecule has 0 heterocycles. The van der Waals surface area contributed by atoms with Gasteiger partial charge in [0.25, 0.3) is 0 Å². The smallest absolute Gasteiger partial charge is 0.338 e. The molecule has 0 fully saturated rings. The van der Waals surface area contributed by atoms with Crippen molar-refractivity contribution in [1.29, 1.82) is 0 Å². The zero-order valence-electron chi connectivity index (χ0n) is 25.8. The van der Waals surface area contributed by atoms with Gasteiger partial charge in [-0.3, -0.25) is 0 Å². The number of carbonyl (C=O) groups is 1. The largest absolute Gasteiger partial charge is 0.493 e. The second kappa shape index (κ2) is 13.0. The van der Waals surface area contributed by atoms with E-state index in [-0.39, 0.29) is 23.0 Å². The van der Waals surface area contributed by atoms with Crippen molar-refractivity contribution in [2.75, 3.05) is 49.8 Å². The first-order valence-corrected chi connectivity index (χ1v) is 13.5. The van der Waals surface area contributed by atoms with E-state index in [1.165, 1.54) is 49.8 Å². The first-order chi connectivity index (χ1) is 20.6. The zero-order valence-corrected chi connectivity index (χ0v) is 25.8. The van der Waals surface area contributed by atoms with Crippen LogP contribution < -0.4 is 28.4 Å². The maximum absolute atomic E-state index is 13.6. The van der Waals surface area contributed by atoms with E-state index in [2.05, 4.69) is 0 Å². The minimum atomic E-state index is -1.76. The number of ether oxygens (including phenoxy) is 7. The molecule has 4 atom stereocenters. The monoisotopic (exact) mass is 598 g/mol. The van der Waals surface area contributed by atoms with E-state index in [1.807, 2.05) is 0 Å². The van der Waals surface area contributed by atoms with Crippen molar-refractivity contribution in [2.45, 2.75) is 31.7 Å². The van der Waals surface area contributed by atoms with Gasteiger partial charge in [-0.2, -0.15) is 0 Å². The summed E-state index contributed by atoms with van der Waals surface area (Å²) in [5.41, 5.74) is 0.261. The Morgan fingerprint density at radius 1 is 0.721 bits per heavy atom. The molecule has 0 bridgehead atoms. The Morgan fingerprint density at radius 3 is 1.67 bits per heavy atom. The standard InChI is InChI=1S/C32H38O11/c1-17-25(43-41-9)19-15-21(35-3)26(37-5)28(39-7)23(19)24-20(16-22(36-4)27(38-6)29(24)40-8)30(32(17,2)34)42-31(33)18-13-11-10-12-14-18/h10-17,25,30,34H,1-9H3/t17-,25+,30-,32-/m0/s1. The maximum atomic E-state index is 13.6. The lowest BCUT2D eigenvalue weighted by Crippen LogP contribution is -2.46. The average molecular weight is 599 g/mol. The van der Waals surface area contributed by atoms with Crippen molar-refractivity contribution >= 4 is 5.97 Å². The van der Waals surface area contributed by atoms with E-state index >= 15 is 0 Å². The molecule has 0 unspecified atom stereocenters. The fourth-order valence-corrected chi connectivity index (χ4v) is 5.60. The van der Waals surface area contributed by atoms with Crippen molar-refractivity contribution in [1.82, 2.24) is 0 Å². The molecule has 0 saturated heterocycles. The van der Waals surface area contributed by atoms with Crippen LogP contribution in [0, 0.1) is 5.92 Å². The Kier molecular flexibility index (Phi) is 9.59. The molecule has 1 aliphatic carbocycles. The molecular formula is C32H38O11. The highest BCUT2D eigenvalue weighted by molar-refractivity contribution is 5.91. The first-order valence-electron chi connectivity index (χ1n) is 13.5. The third kappa shape index (κ3) is 5.39. The predicted molar refractivity (Wildman–Crippen MR) is 156 cm³/mol. The lowest BCUT2D eigenvalue weighted by atomic mass is 9.71. The Hall–Kier alpha value is -4.19. The third-order valence-corrected chi connectivity index (χ3v) is 7.90. The summed E-state index contributed by atoms with van der Waals surface area (Å²) in [6.07, 6.45) is -2.22. The molecule has 43 heavy (non-hydrogen) atoms. The van der Waals surface area contributed by atoms with E-state index in [0.717, 1.165) is 0 Å². The van der Waals surface area contributed by atoms with Gasteiger partial charge >= 0.3 is 5.97 Å². The van der Waals surface area contributed by atoms with Crippen LogP contribution in [-0.2, 0) is 14.5 Å². The summed E-state index contributed by atoms with van der Waals surface area (Å²) >= 11 is 0. The highest BCUT2D eigenvalue weighted by Gasteiger charge is 2.51. The zero-order chi connectivity index (χ0) is 31.5. The van der Waals surface area contributed by atoms with Gasteiger partial charge in [0.05, 0.1) is 55.3 Å². The molecule has 0 saturated carbocycles. The molecule has 11 heteroatoms. The molecule has 1 aliphatic rings. The fraction of sp³-hybridized carbons (Fsp3) is 0.406. The number of benzene rings is 3. The molecule has 0 radical (unpaired) electrons. The number of esters is 1. The van der Waals surface area contributed by atoms with Gasteiger partial charge < -0.3 is 38.3 Å². The van der Waals surface area contributed by atoms with Gasteiger partial charge in [0.2, 0.25) is 11.5 Å². The van der Waals surface area contributed by atoms with Crippen molar-refractivity contribution in [3.05, 3.63) is 59.2 Å². The van der Waals surface area contributed by atoms with Crippen molar-refractivity contribution in [2.24, 2.45) is 5.92 Å². The molecule has 232 valence electrons. The lowest BCUT2D eigenvalue weighted by molar-refractivity contribution is -0.329. The van der Waals surface area contributed by atoms with Crippen LogP contribution >= 0.6 is 0 Å². The number of hydrogen-bond donors (Lipinski definition) is 1. The quantitative estimate of drug-likeness (QED) is 0.185. The summed E-state index contributed by atoms with van der Waals surface area (Å²) in [5.74, 6) is 0.285. The van der Waals surface area contributed by atoms with Crippen LogP contribution in [0.1, 0.15) is 47.5 Å². The number of fused-ring (bicyclic) bond motifs is 3. The van der Waals surface area contributed by atoms with Crippen LogP contribution in [0.2, 0.25) is 0 Å². The van der Waals surface area contributed by atoms with Crippen LogP contribution in [0.3, 0.4) is 0 Å². The average Bonchev–Trinajstić information content (AvgIpc) is 3.03. The molecule has 0 aliphatic heterocycles. The van der Waals surface area contributed by atoms with Crippen LogP contribution in [0.15, 0.2) is 42.5 Å². The van der Waals surface area contributed by atoms with Crippen LogP contribution in [-0.4, -0.2) is 66.4 Å². The highest BCUT2D eigenvalue weighted by atomic mass is 17.2. The minimum absolute atomic E-state index is 0.228. The summed E-state index contributed by atoms with van der Waals surface area (Å²) in [6, 6.07) is 11.9. The Balaban J connectivity index is 2.23. The Bertz CT molecular complexity index is 1450. The summed E-state index contributed by atoms with van der Waals surface area (Å²) in [5, 5.41) is 12.4. The third-order valence-electron chi connectivity index (χ3n) is 7.90. The molecule has 3 aromatic carbocycles. The molecule has 0 spiro atoms. The molecule has 11 nitrogen and oxygen atoms in total. The van der Waals surface area contributed by atoms with Gasteiger partial charge in [-0.05, 0) is 31.2 Å². The summed E-state index contributed by atoms with van der Waals surface area (Å²) in [4.78, 5) is 24.6. The van der Waals surface area contributed by atoms with Crippen LogP contribution in [0.25, 0.3) is 11.1 Å². The summed E-state index contributed by atoms with van der Waals surface area (Å²) in [7, 11) is 10.3. The van der Waals surface area contributed by atoms with E-state index in [9.17, 15) is 9.90 Å². The highest BCUT2D eigenvalue weighted by Crippen LogP contribution is 2.60. The number of carbonyl (C=O) groups excluding carboxylic acids is 1. The molecular weight excluding hydrogens is 560 g/mol. The number of rotatable bonds is 10. The predicted octanol–water partition coefficient (Wildman–Crippen LogP) is 5.32. The van der Waals surface area contributed by atoms with Crippen LogP contribution in [0.4, 0.5) is 0 Å². The SMILES string of the molecule is COO[C@H]1c2cc(OC)c(OC)c(OC)c2-c2c(cc(OC)c(OC)c2OC)[C@H](OC(=O)c2ccccc2)[C@@](C)(O)[C@H]1C. The van der Waals surface area contributed by atoms with Crippen molar-refractivity contribution < 1.29 is 52.8 Å². The van der Waals surface area contributed by atoms with E-state index in [0.29, 0.717) is 39.3 Å². The van der Waals surface area contributed by atoms with E-state index in [4.69, 9.17) is 42.9 Å². The first kappa shape index (κ1) is 31.7. The molecule has 0 aromatic heterocycles. The summed E-state index contributed by atoms with van der Waals surface area (Å²) in [6.45, 7) is 3.34. The van der Waals surface area contributed by atoms with Gasteiger partial charge in [0.15, 0.2) is 29.1 Å². The van der Waals surface area contributed by atoms with Gasteiger partial charge in [-0.1, -0.05) is 25.1 Å². The molecule has 4 rings (SSSR count).